The summed E-state index contributed by atoms with van der Waals surface area (Å²) in [5.41, 5.74) is 4.08. The van der Waals surface area contributed by atoms with Gasteiger partial charge < -0.3 is 10.1 Å². The van der Waals surface area contributed by atoms with Crippen molar-refractivity contribution in [1.29, 1.82) is 0 Å². The number of pyridine rings is 1. The molecule has 0 radical (unpaired) electrons. The second kappa shape index (κ2) is 6.86. The maximum absolute atomic E-state index is 12.4. The van der Waals surface area contributed by atoms with E-state index in [2.05, 4.69) is 26.6 Å². The van der Waals surface area contributed by atoms with Crippen molar-refractivity contribution in [1.82, 2.24) is 15.2 Å². The first-order chi connectivity index (χ1) is 12.3. The molecule has 0 aliphatic carbocycles. The number of aromatic amines is 1. The summed E-state index contributed by atoms with van der Waals surface area (Å²) in [5, 5.41) is 9.88. The number of hydrogen-bond donors (Lipinski definition) is 2. The molecule has 0 saturated carbocycles. The molecule has 1 atom stereocenters. The molecule has 25 heavy (non-hydrogen) atoms. The predicted octanol–water partition coefficient (Wildman–Crippen LogP) is 3.11. The molecule has 1 amide bonds. The van der Waals surface area contributed by atoms with E-state index in [0.29, 0.717) is 12.4 Å². The van der Waals surface area contributed by atoms with Crippen molar-refractivity contribution in [3.63, 3.8) is 0 Å². The number of fused-ring (bicyclic) bond motifs is 1. The van der Waals surface area contributed by atoms with Gasteiger partial charge in [-0.3, -0.25) is 14.9 Å². The molecule has 126 valence electrons. The van der Waals surface area contributed by atoms with Crippen molar-refractivity contribution in [3.05, 3.63) is 66.0 Å². The van der Waals surface area contributed by atoms with Crippen LogP contribution in [0.2, 0.25) is 0 Å². The number of carbonyl (C=O) groups excluding carboxylic acids is 1. The van der Waals surface area contributed by atoms with Gasteiger partial charge in [-0.05, 0) is 29.7 Å². The number of ether oxygens (including phenoxy) is 1. The molecule has 0 fully saturated rings. The van der Waals surface area contributed by atoms with Crippen LogP contribution in [0.4, 0.5) is 5.82 Å². The average molecular weight is 334 g/mol. The Labute approximate surface area is 145 Å². The van der Waals surface area contributed by atoms with Crippen LogP contribution in [0.25, 0.3) is 11.3 Å². The first-order valence-corrected chi connectivity index (χ1v) is 8.24. The highest BCUT2D eigenvalue weighted by Gasteiger charge is 2.23. The lowest BCUT2D eigenvalue weighted by Crippen LogP contribution is -2.22. The van der Waals surface area contributed by atoms with Crippen LogP contribution in [-0.4, -0.2) is 27.7 Å². The number of amides is 1. The van der Waals surface area contributed by atoms with E-state index < -0.39 is 0 Å². The van der Waals surface area contributed by atoms with Crippen LogP contribution in [-0.2, 0) is 16.0 Å². The highest BCUT2D eigenvalue weighted by molar-refractivity contribution is 5.90. The van der Waals surface area contributed by atoms with Crippen molar-refractivity contribution in [2.45, 2.75) is 18.9 Å². The summed E-state index contributed by atoms with van der Waals surface area (Å²) in [6.45, 7) is 0.641. The number of aromatic nitrogens is 3. The first-order valence-electron chi connectivity index (χ1n) is 8.24. The summed E-state index contributed by atoms with van der Waals surface area (Å²) in [6.07, 6.45) is 4.41. The summed E-state index contributed by atoms with van der Waals surface area (Å²) in [7, 11) is 0. The molecule has 0 spiro atoms. The Hall–Kier alpha value is -2.99. The van der Waals surface area contributed by atoms with Crippen LogP contribution in [0, 0.1) is 0 Å². The van der Waals surface area contributed by atoms with Crippen LogP contribution >= 0.6 is 0 Å². The lowest BCUT2D eigenvalue weighted by Gasteiger charge is -2.25. The van der Waals surface area contributed by atoms with Gasteiger partial charge in [0.2, 0.25) is 5.91 Å². The van der Waals surface area contributed by atoms with Gasteiger partial charge in [0.15, 0.2) is 5.82 Å². The van der Waals surface area contributed by atoms with E-state index in [-0.39, 0.29) is 18.4 Å². The van der Waals surface area contributed by atoms with Crippen LogP contribution < -0.4 is 5.32 Å². The van der Waals surface area contributed by atoms with Gasteiger partial charge in [-0.1, -0.05) is 24.3 Å². The molecule has 3 heterocycles. The number of nitrogens with one attached hydrogen (secondary N) is 2. The Morgan fingerprint density at radius 3 is 3.08 bits per heavy atom. The van der Waals surface area contributed by atoms with Crippen molar-refractivity contribution in [3.8, 4) is 11.3 Å². The highest BCUT2D eigenvalue weighted by Crippen LogP contribution is 2.29. The monoisotopic (exact) mass is 334 g/mol. The molecular weight excluding hydrogens is 316 g/mol. The molecule has 1 aliphatic heterocycles. The largest absolute Gasteiger partial charge is 0.373 e. The fourth-order valence-corrected chi connectivity index (χ4v) is 3.06. The number of carbonyl (C=O) groups is 1. The van der Waals surface area contributed by atoms with Crippen molar-refractivity contribution < 1.29 is 9.53 Å². The van der Waals surface area contributed by atoms with E-state index in [9.17, 15) is 4.79 Å². The minimum Gasteiger partial charge on any atom is -0.373 e. The standard InChI is InChI=1S/C19H18N4O2/c24-19(11-17-15-6-2-1-4-13(15)7-9-25-17)21-18-10-16(22-23-18)14-5-3-8-20-12-14/h1-6,8,10,12,17H,7,9,11H2,(H2,21,22,23,24)/t17-/m1/s1. The van der Waals surface area contributed by atoms with E-state index in [1.807, 2.05) is 30.3 Å². The number of benzene rings is 1. The maximum Gasteiger partial charge on any atom is 0.228 e. The zero-order chi connectivity index (χ0) is 17.1. The number of anilines is 1. The average Bonchev–Trinajstić information content (AvgIpc) is 3.11. The Balaban J connectivity index is 1.43. The number of hydrogen-bond acceptors (Lipinski definition) is 4. The summed E-state index contributed by atoms with van der Waals surface area (Å²) in [4.78, 5) is 16.5. The molecule has 6 heteroatoms. The molecule has 1 aromatic carbocycles. The Morgan fingerprint density at radius 2 is 2.20 bits per heavy atom. The van der Waals surface area contributed by atoms with E-state index in [4.69, 9.17) is 4.74 Å². The van der Waals surface area contributed by atoms with E-state index in [0.717, 1.165) is 23.2 Å². The SMILES string of the molecule is O=C(C[C@H]1OCCc2ccccc21)Nc1cc(-c2cccnc2)[nH]n1. The third kappa shape index (κ3) is 3.44. The maximum atomic E-state index is 12.4. The minimum atomic E-state index is -0.207. The third-order valence-corrected chi connectivity index (χ3v) is 4.28. The lowest BCUT2D eigenvalue weighted by atomic mass is 9.96. The second-order valence-electron chi connectivity index (χ2n) is 5.97. The van der Waals surface area contributed by atoms with Crippen molar-refractivity contribution >= 4 is 11.7 Å². The Kier molecular flexibility index (Phi) is 4.26. The van der Waals surface area contributed by atoms with Gasteiger partial charge >= 0.3 is 0 Å². The fraction of sp³-hybridized carbons (Fsp3) is 0.211. The van der Waals surface area contributed by atoms with Crippen LogP contribution in [0.3, 0.4) is 0 Å². The van der Waals surface area contributed by atoms with Crippen LogP contribution in [0.5, 0.6) is 0 Å². The van der Waals surface area contributed by atoms with Crippen LogP contribution in [0.1, 0.15) is 23.7 Å². The minimum absolute atomic E-state index is 0.120. The molecule has 1 aliphatic rings. The van der Waals surface area contributed by atoms with Gasteiger partial charge in [0.05, 0.1) is 24.8 Å². The van der Waals surface area contributed by atoms with E-state index in [1.165, 1.54) is 5.56 Å². The molecule has 4 rings (SSSR count). The lowest BCUT2D eigenvalue weighted by molar-refractivity contribution is -0.119. The summed E-state index contributed by atoms with van der Waals surface area (Å²) in [5.74, 6) is 0.374. The van der Waals surface area contributed by atoms with Gasteiger partial charge in [-0.15, -0.1) is 0 Å². The van der Waals surface area contributed by atoms with Crippen LogP contribution in [0.15, 0.2) is 54.9 Å². The number of rotatable bonds is 4. The second-order valence-corrected chi connectivity index (χ2v) is 5.97. The summed E-state index contributed by atoms with van der Waals surface area (Å²) < 4.78 is 5.79. The van der Waals surface area contributed by atoms with Crippen molar-refractivity contribution in [2.24, 2.45) is 0 Å². The van der Waals surface area contributed by atoms with Crippen molar-refractivity contribution in [2.75, 3.05) is 11.9 Å². The molecule has 6 nitrogen and oxygen atoms in total. The summed E-state index contributed by atoms with van der Waals surface area (Å²) >= 11 is 0. The summed E-state index contributed by atoms with van der Waals surface area (Å²) in [6, 6.07) is 13.7. The zero-order valence-corrected chi connectivity index (χ0v) is 13.6. The highest BCUT2D eigenvalue weighted by atomic mass is 16.5. The molecule has 2 N–H and O–H groups in total. The first kappa shape index (κ1) is 15.5. The quantitative estimate of drug-likeness (QED) is 0.768. The van der Waals surface area contributed by atoms with Gasteiger partial charge in [0.1, 0.15) is 0 Å². The van der Waals surface area contributed by atoms with Gasteiger partial charge in [-0.2, -0.15) is 5.10 Å². The fourth-order valence-electron chi connectivity index (χ4n) is 3.06. The zero-order valence-electron chi connectivity index (χ0n) is 13.6. The normalized spacial score (nSPS) is 16.2. The number of nitrogens with zero attached hydrogens (tertiary/aromatic N) is 2. The molecule has 2 aromatic heterocycles. The van der Waals surface area contributed by atoms with Gasteiger partial charge in [0.25, 0.3) is 0 Å². The molecule has 0 unspecified atom stereocenters. The topological polar surface area (TPSA) is 79.9 Å². The third-order valence-electron chi connectivity index (χ3n) is 4.28. The smallest absolute Gasteiger partial charge is 0.228 e. The van der Waals surface area contributed by atoms with Gasteiger partial charge in [-0.25, -0.2) is 0 Å². The molecular formula is C19H18N4O2. The van der Waals surface area contributed by atoms with Gasteiger partial charge in [0, 0.05) is 24.0 Å². The number of H-pyrrole nitrogens is 1. The molecule has 3 aromatic rings. The Bertz CT molecular complexity index is 876. The molecule has 0 bridgehead atoms. The van der Waals surface area contributed by atoms with E-state index >= 15 is 0 Å². The molecule has 0 saturated heterocycles. The predicted molar refractivity (Wildman–Crippen MR) is 93.9 cm³/mol. The Morgan fingerprint density at radius 1 is 1.28 bits per heavy atom. The van der Waals surface area contributed by atoms with E-state index in [1.54, 1.807) is 18.5 Å².